The fourth-order valence-electron chi connectivity index (χ4n) is 3.22. The Labute approximate surface area is 173 Å². The molecular weight excluding hydrogens is 384 g/mol. The fourth-order valence-corrected chi connectivity index (χ4v) is 3.22. The third-order valence-electron chi connectivity index (χ3n) is 4.67. The summed E-state index contributed by atoms with van der Waals surface area (Å²) in [5, 5.41) is 3.30. The molecule has 30 heavy (non-hydrogen) atoms. The molecule has 4 aromatic rings. The summed E-state index contributed by atoms with van der Waals surface area (Å²) >= 11 is 0. The average molecular weight is 406 g/mol. The van der Waals surface area contributed by atoms with E-state index in [0.717, 1.165) is 28.3 Å². The first-order valence-corrected chi connectivity index (χ1v) is 9.23. The molecule has 4 rings (SSSR count). The Hall–Kier alpha value is -3.94. The molecule has 0 unspecified atom stereocenters. The van der Waals surface area contributed by atoms with Crippen LogP contribution >= 0.6 is 0 Å². The summed E-state index contributed by atoms with van der Waals surface area (Å²) < 4.78 is 21.6. The predicted octanol–water partition coefficient (Wildman–Crippen LogP) is 4.40. The fraction of sp³-hybridized carbons (Fsp3) is 0.182. The Kier molecular flexibility index (Phi) is 5.30. The molecule has 8 heteroatoms. The Morgan fingerprint density at radius 2 is 1.63 bits per heavy atom. The molecule has 2 heterocycles. The maximum atomic E-state index is 5.43. The van der Waals surface area contributed by atoms with Gasteiger partial charge in [0.15, 0.2) is 17.3 Å². The van der Waals surface area contributed by atoms with E-state index >= 15 is 0 Å². The molecule has 0 bridgehead atoms. The van der Waals surface area contributed by atoms with Crippen LogP contribution in [0.5, 0.6) is 23.0 Å². The van der Waals surface area contributed by atoms with Gasteiger partial charge in [0, 0.05) is 29.6 Å². The molecule has 0 atom stereocenters. The highest BCUT2D eigenvalue weighted by molar-refractivity contribution is 5.90. The zero-order valence-corrected chi connectivity index (χ0v) is 17.1. The normalized spacial score (nSPS) is 10.7. The second-order valence-electron chi connectivity index (χ2n) is 6.41. The Morgan fingerprint density at radius 3 is 2.30 bits per heavy atom. The van der Waals surface area contributed by atoms with Gasteiger partial charge in [0.2, 0.25) is 5.75 Å². The number of aromatic amines is 1. The van der Waals surface area contributed by atoms with E-state index in [4.69, 9.17) is 23.9 Å². The van der Waals surface area contributed by atoms with Gasteiger partial charge < -0.3 is 29.2 Å². The first-order chi connectivity index (χ1) is 14.7. The van der Waals surface area contributed by atoms with E-state index in [0.29, 0.717) is 28.6 Å². The van der Waals surface area contributed by atoms with Gasteiger partial charge in [-0.25, -0.2) is 9.97 Å². The van der Waals surface area contributed by atoms with Crippen LogP contribution in [0.3, 0.4) is 0 Å². The molecule has 0 aliphatic carbocycles. The zero-order chi connectivity index (χ0) is 21.1. The van der Waals surface area contributed by atoms with Gasteiger partial charge in [-0.05, 0) is 18.2 Å². The first kappa shape index (κ1) is 19.4. The second-order valence-corrected chi connectivity index (χ2v) is 6.41. The third-order valence-corrected chi connectivity index (χ3v) is 4.67. The topological polar surface area (TPSA) is 90.5 Å². The van der Waals surface area contributed by atoms with Crippen LogP contribution in [0, 0.1) is 0 Å². The van der Waals surface area contributed by atoms with Crippen molar-refractivity contribution >= 4 is 22.5 Å². The van der Waals surface area contributed by atoms with Crippen molar-refractivity contribution in [1.82, 2.24) is 15.0 Å². The Balaban J connectivity index is 1.74. The van der Waals surface area contributed by atoms with E-state index in [1.54, 1.807) is 34.6 Å². The van der Waals surface area contributed by atoms with Crippen LogP contribution in [0.2, 0.25) is 0 Å². The van der Waals surface area contributed by atoms with Crippen LogP contribution in [0.1, 0.15) is 0 Å². The van der Waals surface area contributed by atoms with Crippen LogP contribution in [0.15, 0.2) is 48.7 Å². The number of aromatic nitrogens is 3. The highest BCUT2D eigenvalue weighted by Gasteiger charge is 2.15. The third kappa shape index (κ3) is 3.55. The number of imidazole rings is 1. The predicted molar refractivity (Wildman–Crippen MR) is 115 cm³/mol. The maximum Gasteiger partial charge on any atom is 0.203 e. The maximum absolute atomic E-state index is 5.43. The van der Waals surface area contributed by atoms with Crippen molar-refractivity contribution in [2.24, 2.45) is 0 Å². The number of nitrogens with zero attached hydrogens (tertiary/aromatic N) is 2. The number of fused-ring (bicyclic) bond motifs is 1. The molecule has 8 nitrogen and oxygen atoms in total. The Bertz CT molecular complexity index is 1160. The number of ether oxygens (including phenoxy) is 4. The van der Waals surface area contributed by atoms with Gasteiger partial charge in [-0.1, -0.05) is 12.1 Å². The van der Waals surface area contributed by atoms with Crippen LogP contribution < -0.4 is 24.3 Å². The van der Waals surface area contributed by atoms with Crippen LogP contribution in [-0.2, 0) is 0 Å². The van der Waals surface area contributed by atoms with Gasteiger partial charge in [-0.2, -0.15) is 0 Å². The van der Waals surface area contributed by atoms with E-state index in [2.05, 4.69) is 15.3 Å². The smallest absolute Gasteiger partial charge is 0.203 e. The molecule has 0 radical (unpaired) electrons. The van der Waals surface area contributed by atoms with Crippen molar-refractivity contribution in [3.05, 3.63) is 48.7 Å². The number of hydrogen-bond acceptors (Lipinski definition) is 7. The molecule has 2 aromatic carbocycles. The van der Waals surface area contributed by atoms with Crippen molar-refractivity contribution in [3.63, 3.8) is 0 Å². The number of H-pyrrole nitrogens is 1. The van der Waals surface area contributed by atoms with Gasteiger partial charge in [0.1, 0.15) is 17.1 Å². The monoisotopic (exact) mass is 406 g/mol. The van der Waals surface area contributed by atoms with E-state index in [1.165, 1.54) is 0 Å². The molecule has 154 valence electrons. The second kappa shape index (κ2) is 8.20. The zero-order valence-electron chi connectivity index (χ0n) is 17.1. The van der Waals surface area contributed by atoms with E-state index in [1.807, 2.05) is 42.5 Å². The lowest BCUT2D eigenvalue weighted by molar-refractivity contribution is 0.324. The number of rotatable bonds is 7. The number of methoxy groups -OCH3 is 4. The molecule has 0 spiro atoms. The number of nitrogens with one attached hydrogen (secondary N) is 2. The number of anilines is 2. The van der Waals surface area contributed by atoms with Gasteiger partial charge in [-0.3, -0.25) is 0 Å². The van der Waals surface area contributed by atoms with Crippen molar-refractivity contribution in [2.45, 2.75) is 0 Å². The summed E-state index contributed by atoms with van der Waals surface area (Å²) in [5.41, 5.74) is 3.22. The van der Waals surface area contributed by atoms with Gasteiger partial charge >= 0.3 is 0 Å². The summed E-state index contributed by atoms with van der Waals surface area (Å²) in [6.45, 7) is 0. The summed E-state index contributed by atoms with van der Waals surface area (Å²) in [6, 6.07) is 13.2. The molecule has 0 saturated carbocycles. The summed E-state index contributed by atoms with van der Waals surface area (Å²) in [6.07, 6.45) is 1.72. The van der Waals surface area contributed by atoms with E-state index in [-0.39, 0.29) is 0 Å². The number of hydrogen-bond donors (Lipinski definition) is 2. The molecular formula is C22H22N4O4. The molecule has 0 fully saturated rings. The SMILES string of the molecule is COc1cccc(-c2nc3c(Nc4cc(OC)c(OC)c(OC)c4)nccc3[nH]2)c1. The standard InChI is InChI=1S/C22H22N4O4/c1-27-15-7-5-6-13(10-15)21-25-16-8-9-23-22(19(16)26-21)24-14-11-17(28-2)20(30-4)18(12-14)29-3/h5-12H,1-4H3,(H,23,24)(H,25,26). The van der Waals surface area contributed by atoms with E-state index < -0.39 is 0 Å². The van der Waals surface area contributed by atoms with E-state index in [9.17, 15) is 0 Å². The number of pyridine rings is 1. The minimum atomic E-state index is 0.525. The summed E-state index contributed by atoms with van der Waals surface area (Å²) in [4.78, 5) is 12.6. The summed E-state index contributed by atoms with van der Waals surface area (Å²) in [7, 11) is 6.36. The largest absolute Gasteiger partial charge is 0.497 e. The highest BCUT2D eigenvalue weighted by atomic mass is 16.5. The average Bonchev–Trinajstić information content (AvgIpc) is 3.24. The summed E-state index contributed by atoms with van der Waals surface area (Å²) in [5.74, 6) is 3.71. The number of benzene rings is 2. The molecule has 0 aliphatic heterocycles. The van der Waals surface area contributed by atoms with Gasteiger partial charge in [0.25, 0.3) is 0 Å². The Morgan fingerprint density at radius 1 is 0.867 bits per heavy atom. The molecule has 2 N–H and O–H groups in total. The molecule has 0 saturated heterocycles. The lowest BCUT2D eigenvalue weighted by Crippen LogP contribution is -1.99. The van der Waals surface area contributed by atoms with Crippen LogP contribution in [-0.4, -0.2) is 43.4 Å². The molecule has 2 aromatic heterocycles. The van der Waals surface area contributed by atoms with Crippen molar-refractivity contribution < 1.29 is 18.9 Å². The van der Waals surface area contributed by atoms with Crippen LogP contribution in [0.4, 0.5) is 11.5 Å². The first-order valence-electron chi connectivity index (χ1n) is 9.23. The molecule has 0 aliphatic rings. The lowest BCUT2D eigenvalue weighted by atomic mass is 10.2. The van der Waals surface area contributed by atoms with Crippen molar-refractivity contribution in [1.29, 1.82) is 0 Å². The quantitative estimate of drug-likeness (QED) is 0.470. The van der Waals surface area contributed by atoms with Gasteiger partial charge in [0.05, 0.1) is 34.0 Å². The van der Waals surface area contributed by atoms with Crippen LogP contribution in [0.25, 0.3) is 22.4 Å². The lowest BCUT2D eigenvalue weighted by Gasteiger charge is -2.15. The van der Waals surface area contributed by atoms with Crippen molar-refractivity contribution in [3.8, 4) is 34.4 Å². The highest BCUT2D eigenvalue weighted by Crippen LogP contribution is 2.41. The van der Waals surface area contributed by atoms with Crippen molar-refractivity contribution in [2.75, 3.05) is 33.8 Å². The minimum Gasteiger partial charge on any atom is -0.497 e. The minimum absolute atomic E-state index is 0.525. The molecule has 0 amide bonds. The van der Waals surface area contributed by atoms with Gasteiger partial charge in [-0.15, -0.1) is 0 Å².